The molecule has 0 aliphatic carbocycles. The molecule has 1 aromatic rings. The van der Waals surface area contributed by atoms with Crippen LogP contribution in [0, 0.1) is 12.8 Å². The van der Waals surface area contributed by atoms with Crippen molar-refractivity contribution in [2.45, 2.75) is 150 Å². The Hall–Kier alpha value is -4.76. The number of benzene rings is 1. The lowest BCUT2D eigenvalue weighted by Crippen LogP contribution is -2.63. The van der Waals surface area contributed by atoms with E-state index in [4.69, 9.17) is 38.2 Å². The molecule has 3 saturated heterocycles. The standard InChI is InChI=1S/C46H65N3O12/c1-28(2)37-26-47-42(60-43-41(58-33(7)53)40(57-32(6)52)39(56-31(5)51)38(59-43)27-55-30(4)50)36(37)25-35-16-15-34(24-29(35)3)14-11-12-20-49-21-13-17-46(49)18-22-48(23-19-46)44(54)61-45(8,9)10/h11,14-16,24,28,38-41,43H,12-13,17-23,25-27H2,1-10H3/b14-11+/t38-,39-,40+,41-,43+/m1/s1. The Kier molecular flexibility index (Phi) is 15.8. The molecule has 5 atom stereocenters. The number of aryl methyl sites for hydroxylation is 1. The number of rotatable bonds is 13. The molecule has 1 spiro atoms. The molecule has 0 saturated carbocycles. The number of piperidine rings is 1. The van der Waals surface area contributed by atoms with Gasteiger partial charge in [0.05, 0.1) is 6.54 Å². The fourth-order valence-electron chi connectivity index (χ4n) is 8.71. The van der Waals surface area contributed by atoms with Crippen LogP contribution in [0.1, 0.15) is 111 Å². The minimum absolute atomic E-state index is 0.130. The van der Waals surface area contributed by atoms with Crippen LogP contribution in [0.15, 0.2) is 40.4 Å². The SMILES string of the molecule is CC(=O)OC[C@H]1O[C@@H](OC2=NCC(C(C)C)=C2Cc2ccc(/C=C/CCN3CCCC34CCN(C(=O)OC(C)(C)C)CC4)cc2C)[C@H](OC(C)=O)[C@@H](OC(C)=O)[C@@H]1OC(C)=O. The van der Waals surface area contributed by atoms with Gasteiger partial charge >= 0.3 is 30.0 Å². The van der Waals surface area contributed by atoms with Crippen LogP contribution in [0.3, 0.4) is 0 Å². The van der Waals surface area contributed by atoms with Crippen LogP contribution < -0.4 is 0 Å². The van der Waals surface area contributed by atoms with Crippen LogP contribution in [0.5, 0.6) is 0 Å². The molecule has 61 heavy (non-hydrogen) atoms. The van der Waals surface area contributed by atoms with E-state index in [1.54, 1.807) is 0 Å². The van der Waals surface area contributed by atoms with Gasteiger partial charge in [-0.3, -0.25) is 24.1 Å². The Morgan fingerprint density at radius 3 is 2.16 bits per heavy atom. The number of nitrogens with zero attached hydrogens (tertiary/aromatic N) is 3. The third-order valence-corrected chi connectivity index (χ3v) is 11.6. The molecule has 3 fully saturated rings. The van der Waals surface area contributed by atoms with Gasteiger partial charge in [-0.1, -0.05) is 44.2 Å². The van der Waals surface area contributed by atoms with Gasteiger partial charge in [0.1, 0.15) is 18.3 Å². The molecule has 4 aliphatic rings. The van der Waals surface area contributed by atoms with Gasteiger partial charge in [-0.15, -0.1) is 0 Å². The van der Waals surface area contributed by atoms with E-state index >= 15 is 0 Å². The third kappa shape index (κ3) is 12.7. The lowest BCUT2D eigenvalue weighted by molar-refractivity contribution is -0.291. The highest BCUT2D eigenvalue weighted by Gasteiger charge is 2.54. The van der Waals surface area contributed by atoms with Crippen molar-refractivity contribution >= 4 is 41.9 Å². The largest absolute Gasteiger partial charge is 0.463 e. The molecule has 0 unspecified atom stereocenters. The van der Waals surface area contributed by atoms with Crippen molar-refractivity contribution in [3.05, 3.63) is 52.1 Å². The van der Waals surface area contributed by atoms with Crippen molar-refractivity contribution < 1.29 is 57.1 Å². The topological polar surface area (TPSA) is 169 Å². The molecule has 4 heterocycles. The van der Waals surface area contributed by atoms with Gasteiger partial charge in [0.2, 0.25) is 18.3 Å². The summed E-state index contributed by atoms with van der Waals surface area (Å²) < 4.78 is 40.3. The first kappa shape index (κ1) is 47.3. The van der Waals surface area contributed by atoms with Crippen molar-refractivity contribution in [3.63, 3.8) is 0 Å². The Bertz CT molecular complexity index is 1870. The number of hydrogen-bond donors (Lipinski definition) is 0. The summed E-state index contributed by atoms with van der Waals surface area (Å²) in [4.78, 5) is 70.7. The Balaban J connectivity index is 1.27. The highest BCUT2D eigenvalue weighted by molar-refractivity contribution is 5.97. The second kappa shape index (κ2) is 20.4. The maximum Gasteiger partial charge on any atom is 0.410 e. The molecule has 0 N–H and O–H groups in total. The number of carbonyl (C=O) groups is 5. The summed E-state index contributed by atoms with van der Waals surface area (Å²) in [6, 6.07) is 6.37. The van der Waals surface area contributed by atoms with Crippen molar-refractivity contribution in [1.82, 2.24) is 9.80 Å². The first-order valence-electron chi connectivity index (χ1n) is 21.5. The normalized spacial score (nSPS) is 24.2. The fraction of sp³-hybridized carbons (Fsp3) is 0.652. The van der Waals surface area contributed by atoms with Crippen molar-refractivity contribution in [1.29, 1.82) is 0 Å². The number of amides is 1. The minimum Gasteiger partial charge on any atom is -0.463 e. The van der Waals surface area contributed by atoms with E-state index in [0.717, 1.165) is 79.7 Å². The lowest BCUT2D eigenvalue weighted by atomic mass is 9.85. The van der Waals surface area contributed by atoms with E-state index in [2.05, 4.69) is 56.0 Å². The van der Waals surface area contributed by atoms with E-state index in [-0.39, 0.29) is 30.1 Å². The molecule has 4 aliphatic heterocycles. The molecule has 1 aromatic carbocycles. The van der Waals surface area contributed by atoms with Gasteiger partial charge in [0.25, 0.3) is 0 Å². The summed E-state index contributed by atoms with van der Waals surface area (Å²) in [5.74, 6) is -2.35. The van der Waals surface area contributed by atoms with Gasteiger partial charge in [0.15, 0.2) is 12.2 Å². The van der Waals surface area contributed by atoms with Crippen molar-refractivity contribution in [2.75, 3.05) is 39.3 Å². The van der Waals surface area contributed by atoms with Gasteiger partial charge in [-0.25, -0.2) is 9.79 Å². The van der Waals surface area contributed by atoms with Gasteiger partial charge in [-0.2, -0.15) is 0 Å². The predicted molar refractivity (Wildman–Crippen MR) is 226 cm³/mol. The predicted octanol–water partition coefficient (Wildman–Crippen LogP) is 6.27. The average Bonchev–Trinajstić information content (AvgIpc) is 3.74. The summed E-state index contributed by atoms with van der Waals surface area (Å²) in [6.45, 7) is 20.2. The molecule has 0 bridgehead atoms. The lowest BCUT2D eigenvalue weighted by Gasteiger charge is -2.45. The fourth-order valence-corrected chi connectivity index (χ4v) is 8.71. The molecular weight excluding hydrogens is 787 g/mol. The first-order valence-corrected chi connectivity index (χ1v) is 21.5. The van der Waals surface area contributed by atoms with E-state index in [0.29, 0.717) is 13.0 Å². The van der Waals surface area contributed by atoms with E-state index in [1.807, 2.05) is 25.7 Å². The smallest absolute Gasteiger partial charge is 0.410 e. The molecule has 5 rings (SSSR count). The minimum atomic E-state index is -1.38. The van der Waals surface area contributed by atoms with Crippen LogP contribution >= 0.6 is 0 Å². The molecular formula is C46H65N3O12. The van der Waals surface area contributed by atoms with Crippen molar-refractivity contribution in [2.24, 2.45) is 10.9 Å². The number of likely N-dealkylation sites (tertiary alicyclic amines) is 2. The number of ether oxygens (including phenoxy) is 7. The third-order valence-electron chi connectivity index (χ3n) is 11.6. The summed E-state index contributed by atoms with van der Waals surface area (Å²) in [5, 5.41) is 0. The maximum absolute atomic E-state index is 12.7. The molecule has 0 aromatic heterocycles. The average molecular weight is 852 g/mol. The second-order valence-corrected chi connectivity index (χ2v) is 17.8. The zero-order valence-corrected chi connectivity index (χ0v) is 37.6. The van der Waals surface area contributed by atoms with E-state index in [1.165, 1.54) is 34.1 Å². The maximum atomic E-state index is 12.7. The zero-order valence-electron chi connectivity index (χ0n) is 37.6. The molecule has 0 radical (unpaired) electrons. The quantitative estimate of drug-likeness (QED) is 0.161. The highest BCUT2D eigenvalue weighted by atomic mass is 16.7. The first-order chi connectivity index (χ1) is 28.7. The van der Waals surface area contributed by atoms with Crippen LogP contribution in [0.4, 0.5) is 4.79 Å². The van der Waals surface area contributed by atoms with E-state index in [9.17, 15) is 24.0 Å². The molecule has 336 valence electrons. The second-order valence-electron chi connectivity index (χ2n) is 17.8. The monoisotopic (exact) mass is 851 g/mol. The van der Waals surface area contributed by atoms with Gasteiger partial charge < -0.3 is 38.1 Å². The Labute approximate surface area is 360 Å². The highest BCUT2D eigenvalue weighted by Crippen LogP contribution is 2.39. The summed E-state index contributed by atoms with van der Waals surface area (Å²) >= 11 is 0. The van der Waals surface area contributed by atoms with Crippen LogP contribution in [-0.4, -0.2) is 127 Å². The summed E-state index contributed by atoms with van der Waals surface area (Å²) in [7, 11) is 0. The van der Waals surface area contributed by atoms with Crippen LogP contribution in [0.25, 0.3) is 6.08 Å². The number of aliphatic imine (C=N–C) groups is 1. The number of carbonyl (C=O) groups excluding carboxylic acids is 5. The van der Waals surface area contributed by atoms with Crippen LogP contribution in [-0.2, 0) is 58.8 Å². The number of hydrogen-bond acceptors (Lipinski definition) is 14. The molecule has 15 nitrogen and oxygen atoms in total. The molecule has 15 heteroatoms. The number of esters is 4. The Morgan fingerprint density at radius 1 is 0.902 bits per heavy atom. The zero-order chi connectivity index (χ0) is 44.6. The summed E-state index contributed by atoms with van der Waals surface area (Å²) in [6.07, 6.45) is 3.32. The van der Waals surface area contributed by atoms with Gasteiger partial charge in [-0.05, 0) is 94.5 Å². The van der Waals surface area contributed by atoms with Crippen molar-refractivity contribution in [3.8, 4) is 0 Å². The van der Waals surface area contributed by atoms with Crippen LogP contribution in [0.2, 0.25) is 0 Å². The Morgan fingerprint density at radius 2 is 1.56 bits per heavy atom. The van der Waals surface area contributed by atoms with E-state index < -0.39 is 60.2 Å². The van der Waals surface area contributed by atoms with Gasteiger partial charge in [0, 0.05) is 64.9 Å². The molecule has 1 amide bonds. The summed E-state index contributed by atoms with van der Waals surface area (Å²) in [5.41, 5.74) is 4.82.